The average Bonchev–Trinajstić information content (AvgIpc) is 3.45. The van der Waals surface area contributed by atoms with Gasteiger partial charge in [0.25, 0.3) is 0 Å². The largest absolute Gasteiger partial charge is 0.493 e. The molecule has 0 aliphatic carbocycles. The van der Waals surface area contributed by atoms with Crippen molar-refractivity contribution in [2.45, 2.75) is 32.1 Å². The predicted molar refractivity (Wildman–Crippen MR) is 134 cm³/mol. The minimum atomic E-state index is -1.28. The molecule has 0 radical (unpaired) electrons. The fraction of sp³-hybridized carbons (Fsp3) is 0.276. The van der Waals surface area contributed by atoms with Gasteiger partial charge < -0.3 is 14.2 Å². The Bertz CT molecular complexity index is 1190. The number of carbonyl (C=O) groups excluding carboxylic acids is 3. The molecule has 7 heteroatoms. The summed E-state index contributed by atoms with van der Waals surface area (Å²) in [4.78, 5) is 41.4. The standard InChI is InChI=1S/C29H29NO6/c1-34-24-15-14-23(18-25(24)35-19-21-10-4-2-5-11-21)27(31)28(32)26(30-16-8-9-17-30)29(33)36-20-22-12-6-3-7-13-22/h2-7,10-15,18,26H,8-9,16-17,19-20H2,1H3. The maximum atomic E-state index is 13.4. The second-order valence-corrected chi connectivity index (χ2v) is 8.57. The predicted octanol–water partition coefficient (Wildman–Crippen LogP) is 4.23. The van der Waals surface area contributed by atoms with E-state index in [2.05, 4.69) is 0 Å². The third-order valence-electron chi connectivity index (χ3n) is 6.09. The number of rotatable bonds is 11. The fourth-order valence-corrected chi connectivity index (χ4v) is 4.16. The minimum absolute atomic E-state index is 0.0332. The van der Waals surface area contributed by atoms with Crippen molar-refractivity contribution in [3.8, 4) is 11.5 Å². The van der Waals surface area contributed by atoms with Crippen molar-refractivity contribution in [3.63, 3.8) is 0 Å². The highest BCUT2D eigenvalue weighted by atomic mass is 16.5. The monoisotopic (exact) mass is 487 g/mol. The SMILES string of the molecule is COc1ccc(C(=O)C(=O)C(C(=O)OCc2ccccc2)N2CCCC2)cc1OCc1ccccc1. The zero-order valence-corrected chi connectivity index (χ0v) is 20.2. The van der Waals surface area contributed by atoms with Crippen molar-refractivity contribution >= 4 is 17.5 Å². The highest BCUT2D eigenvalue weighted by molar-refractivity contribution is 6.48. The third kappa shape index (κ3) is 6.17. The molecule has 0 amide bonds. The number of Topliss-reactive ketones (excluding diaryl/α,β-unsaturated/α-hetero) is 2. The van der Waals surface area contributed by atoms with E-state index in [1.54, 1.807) is 11.0 Å². The van der Waals surface area contributed by atoms with Crippen LogP contribution in [0.1, 0.15) is 34.3 Å². The Morgan fingerprint density at radius 2 is 1.42 bits per heavy atom. The van der Waals surface area contributed by atoms with Crippen LogP contribution in [-0.2, 0) is 27.5 Å². The molecule has 0 aromatic heterocycles. The number of benzene rings is 3. The van der Waals surface area contributed by atoms with Crippen molar-refractivity contribution in [2.24, 2.45) is 0 Å². The molecule has 0 spiro atoms. The van der Waals surface area contributed by atoms with Gasteiger partial charge >= 0.3 is 5.97 Å². The van der Waals surface area contributed by atoms with Gasteiger partial charge in [0.05, 0.1) is 7.11 Å². The maximum absolute atomic E-state index is 13.4. The van der Waals surface area contributed by atoms with Crippen LogP contribution in [0.4, 0.5) is 0 Å². The van der Waals surface area contributed by atoms with Crippen LogP contribution in [0.25, 0.3) is 0 Å². The zero-order valence-electron chi connectivity index (χ0n) is 20.2. The summed E-state index contributed by atoms with van der Waals surface area (Å²) in [6.07, 6.45) is 1.70. The Kier molecular flexibility index (Phi) is 8.47. The maximum Gasteiger partial charge on any atom is 0.332 e. The van der Waals surface area contributed by atoms with E-state index >= 15 is 0 Å². The first-order valence-electron chi connectivity index (χ1n) is 11.9. The first kappa shape index (κ1) is 25.1. The van der Waals surface area contributed by atoms with Crippen molar-refractivity contribution in [3.05, 3.63) is 95.6 Å². The molecule has 36 heavy (non-hydrogen) atoms. The quantitative estimate of drug-likeness (QED) is 0.173. The van der Waals surface area contributed by atoms with Crippen LogP contribution in [0.15, 0.2) is 78.9 Å². The van der Waals surface area contributed by atoms with Gasteiger partial charge in [0.1, 0.15) is 13.2 Å². The highest BCUT2D eigenvalue weighted by Gasteiger charge is 2.39. The van der Waals surface area contributed by atoms with Crippen LogP contribution in [0.5, 0.6) is 11.5 Å². The van der Waals surface area contributed by atoms with Gasteiger partial charge in [-0.15, -0.1) is 0 Å². The molecule has 1 fully saturated rings. The summed E-state index contributed by atoms with van der Waals surface area (Å²) in [5, 5.41) is 0. The average molecular weight is 488 g/mol. The number of carbonyl (C=O) groups is 3. The van der Waals surface area contributed by atoms with Crippen LogP contribution in [0.2, 0.25) is 0 Å². The van der Waals surface area contributed by atoms with Gasteiger partial charge in [-0.25, -0.2) is 4.79 Å². The summed E-state index contributed by atoms with van der Waals surface area (Å²) in [5.74, 6) is -1.52. The Morgan fingerprint density at radius 1 is 0.806 bits per heavy atom. The molecule has 186 valence electrons. The summed E-state index contributed by atoms with van der Waals surface area (Å²) < 4.78 is 16.7. The lowest BCUT2D eigenvalue weighted by Gasteiger charge is -2.24. The second kappa shape index (κ2) is 12.1. The molecule has 0 saturated carbocycles. The number of esters is 1. The Hall–Kier alpha value is -3.97. The molecule has 3 aromatic rings. The van der Waals surface area contributed by atoms with Crippen molar-refractivity contribution in [1.82, 2.24) is 4.90 Å². The number of ether oxygens (including phenoxy) is 3. The molecule has 1 aliphatic rings. The van der Waals surface area contributed by atoms with E-state index in [0.29, 0.717) is 24.6 Å². The summed E-state index contributed by atoms with van der Waals surface area (Å²) in [7, 11) is 1.50. The first-order chi connectivity index (χ1) is 17.6. The second-order valence-electron chi connectivity index (χ2n) is 8.57. The normalized spacial score (nSPS) is 14.1. The van der Waals surface area contributed by atoms with Gasteiger partial charge in [0, 0.05) is 5.56 Å². The third-order valence-corrected chi connectivity index (χ3v) is 6.09. The molecule has 0 N–H and O–H groups in total. The number of methoxy groups -OCH3 is 1. The summed E-state index contributed by atoms with van der Waals surface area (Å²) in [6, 6.07) is 22.1. The van der Waals surface area contributed by atoms with Gasteiger partial charge in [-0.1, -0.05) is 60.7 Å². The number of hydrogen-bond donors (Lipinski definition) is 0. The molecule has 1 heterocycles. The number of nitrogens with zero attached hydrogens (tertiary/aromatic N) is 1. The van der Waals surface area contributed by atoms with Crippen LogP contribution in [-0.4, -0.2) is 48.7 Å². The first-order valence-corrected chi connectivity index (χ1v) is 11.9. The van der Waals surface area contributed by atoms with Crippen LogP contribution < -0.4 is 9.47 Å². The number of likely N-dealkylation sites (tertiary alicyclic amines) is 1. The molecule has 7 nitrogen and oxygen atoms in total. The van der Waals surface area contributed by atoms with Crippen molar-refractivity contribution in [2.75, 3.05) is 20.2 Å². The Labute approximate surface area is 210 Å². The van der Waals surface area contributed by atoms with Gasteiger partial charge in [-0.3, -0.25) is 14.5 Å². The highest BCUT2D eigenvalue weighted by Crippen LogP contribution is 2.29. The Morgan fingerprint density at radius 3 is 2.03 bits per heavy atom. The van der Waals surface area contributed by atoms with E-state index in [1.165, 1.54) is 19.2 Å². The summed E-state index contributed by atoms with van der Waals surface area (Å²) in [5.41, 5.74) is 1.88. The van der Waals surface area contributed by atoms with E-state index in [0.717, 1.165) is 24.0 Å². The summed E-state index contributed by atoms with van der Waals surface area (Å²) in [6.45, 7) is 1.41. The van der Waals surface area contributed by atoms with Gasteiger partial charge in [0.15, 0.2) is 17.5 Å². The molecule has 4 rings (SSSR count). The van der Waals surface area contributed by atoms with Crippen LogP contribution in [0, 0.1) is 0 Å². The van der Waals surface area contributed by atoms with Crippen LogP contribution >= 0.6 is 0 Å². The summed E-state index contributed by atoms with van der Waals surface area (Å²) >= 11 is 0. The Balaban J connectivity index is 1.51. The van der Waals surface area contributed by atoms with E-state index in [1.807, 2.05) is 60.7 Å². The smallest absolute Gasteiger partial charge is 0.332 e. The van der Waals surface area contributed by atoms with E-state index in [9.17, 15) is 14.4 Å². The molecular weight excluding hydrogens is 458 g/mol. The molecule has 0 bridgehead atoms. The molecule has 1 atom stereocenters. The lowest BCUT2D eigenvalue weighted by atomic mass is 10.0. The molecule has 3 aromatic carbocycles. The van der Waals surface area contributed by atoms with Crippen molar-refractivity contribution in [1.29, 1.82) is 0 Å². The van der Waals surface area contributed by atoms with E-state index < -0.39 is 23.6 Å². The zero-order chi connectivity index (χ0) is 25.3. The fourth-order valence-electron chi connectivity index (χ4n) is 4.16. The van der Waals surface area contributed by atoms with E-state index in [4.69, 9.17) is 14.2 Å². The van der Waals surface area contributed by atoms with Crippen LogP contribution in [0.3, 0.4) is 0 Å². The molecule has 1 unspecified atom stereocenters. The number of ketones is 2. The minimum Gasteiger partial charge on any atom is -0.493 e. The van der Waals surface area contributed by atoms with Crippen molar-refractivity contribution < 1.29 is 28.6 Å². The van der Waals surface area contributed by atoms with Gasteiger partial charge in [-0.2, -0.15) is 0 Å². The van der Waals surface area contributed by atoms with Gasteiger partial charge in [0.2, 0.25) is 11.6 Å². The molecular formula is C29H29NO6. The van der Waals surface area contributed by atoms with E-state index in [-0.39, 0.29) is 18.8 Å². The van der Waals surface area contributed by atoms with Gasteiger partial charge in [-0.05, 0) is 55.3 Å². The molecule has 1 saturated heterocycles. The topological polar surface area (TPSA) is 82.1 Å². The lowest BCUT2D eigenvalue weighted by Crippen LogP contribution is -2.49. The lowest BCUT2D eigenvalue weighted by molar-refractivity contribution is -0.153. The molecule has 1 aliphatic heterocycles. The number of hydrogen-bond acceptors (Lipinski definition) is 7.